The van der Waals surface area contributed by atoms with Crippen LogP contribution in [0.5, 0.6) is 17.4 Å². The highest BCUT2D eigenvalue weighted by Crippen LogP contribution is 2.47. The van der Waals surface area contributed by atoms with Gasteiger partial charge in [0.15, 0.2) is 10.9 Å². The number of nitrogens with zero attached hydrogens (tertiary/aromatic N) is 2. The molecule has 0 bridgehead atoms. The van der Waals surface area contributed by atoms with Crippen molar-refractivity contribution < 1.29 is 14.3 Å². The number of aromatic nitrogens is 2. The number of aryl methyl sites for hydroxylation is 1. The number of carbonyl (C=O) groups excluding carboxylic acids is 1. The van der Waals surface area contributed by atoms with E-state index in [1.54, 1.807) is 6.07 Å². The number of carbonyl (C=O) groups is 1. The summed E-state index contributed by atoms with van der Waals surface area (Å²) in [6, 6.07) is 11.9. The van der Waals surface area contributed by atoms with Crippen molar-refractivity contribution in [3.63, 3.8) is 0 Å². The van der Waals surface area contributed by atoms with Gasteiger partial charge in [0.1, 0.15) is 5.75 Å². The smallest absolute Gasteiger partial charge is 0.345 e. The molecule has 0 saturated heterocycles. The third-order valence-corrected chi connectivity index (χ3v) is 5.26. The van der Waals surface area contributed by atoms with E-state index in [-0.39, 0.29) is 27.4 Å². The van der Waals surface area contributed by atoms with E-state index in [9.17, 15) is 4.79 Å². The van der Waals surface area contributed by atoms with Crippen LogP contribution in [0.25, 0.3) is 0 Å². The van der Waals surface area contributed by atoms with Gasteiger partial charge >= 0.3 is 5.97 Å². The maximum absolute atomic E-state index is 12.6. The van der Waals surface area contributed by atoms with E-state index in [4.69, 9.17) is 44.3 Å². The number of rotatable bonds is 5. The normalized spacial score (nSPS) is 13.2. The Kier molecular flexibility index (Phi) is 5.63. The standard InChI is InChI=1S/C21H15Cl3N2O3/c1-11-3-2-4-14(12-5-6-12)19(11)29-20-17(10-18(24)25-26-20)28-21(27)15-9-13(22)7-8-16(15)23/h2-4,7-10,12H,5-6H2,1H3. The lowest BCUT2D eigenvalue weighted by atomic mass is 10.1. The van der Waals surface area contributed by atoms with E-state index in [2.05, 4.69) is 10.2 Å². The quantitative estimate of drug-likeness (QED) is 0.409. The van der Waals surface area contributed by atoms with Gasteiger partial charge in [0.05, 0.1) is 10.6 Å². The van der Waals surface area contributed by atoms with E-state index in [0.29, 0.717) is 16.7 Å². The van der Waals surface area contributed by atoms with Gasteiger partial charge < -0.3 is 9.47 Å². The Morgan fingerprint density at radius 3 is 2.62 bits per heavy atom. The zero-order valence-electron chi connectivity index (χ0n) is 15.3. The van der Waals surface area contributed by atoms with Gasteiger partial charge in [-0.25, -0.2) is 4.79 Å². The molecular formula is C21H15Cl3N2O3. The highest BCUT2D eigenvalue weighted by atomic mass is 35.5. The minimum atomic E-state index is -0.710. The van der Waals surface area contributed by atoms with Crippen molar-refractivity contribution in [2.45, 2.75) is 25.7 Å². The van der Waals surface area contributed by atoms with Gasteiger partial charge in [-0.2, -0.15) is 0 Å². The molecule has 0 amide bonds. The van der Waals surface area contributed by atoms with Gasteiger partial charge in [-0.15, -0.1) is 10.2 Å². The second-order valence-corrected chi connectivity index (χ2v) is 7.95. The molecule has 0 radical (unpaired) electrons. The molecule has 29 heavy (non-hydrogen) atoms. The molecule has 4 rings (SSSR count). The second kappa shape index (κ2) is 8.19. The average molecular weight is 450 g/mol. The van der Waals surface area contributed by atoms with Crippen LogP contribution >= 0.6 is 34.8 Å². The zero-order chi connectivity index (χ0) is 20.5. The van der Waals surface area contributed by atoms with Crippen LogP contribution in [0.4, 0.5) is 0 Å². The van der Waals surface area contributed by atoms with Crippen molar-refractivity contribution in [3.05, 3.63) is 74.4 Å². The Morgan fingerprint density at radius 1 is 1.07 bits per heavy atom. The first kappa shape index (κ1) is 20.0. The molecule has 0 N–H and O–H groups in total. The Labute approximate surface area is 182 Å². The highest BCUT2D eigenvalue weighted by molar-refractivity contribution is 6.35. The van der Waals surface area contributed by atoms with Crippen molar-refractivity contribution in [2.24, 2.45) is 0 Å². The molecule has 3 aromatic rings. The van der Waals surface area contributed by atoms with Crippen molar-refractivity contribution >= 4 is 40.8 Å². The summed E-state index contributed by atoms with van der Waals surface area (Å²) in [4.78, 5) is 12.6. The highest BCUT2D eigenvalue weighted by Gasteiger charge is 2.28. The Balaban J connectivity index is 1.67. The minimum Gasteiger partial charge on any atom is -0.434 e. The summed E-state index contributed by atoms with van der Waals surface area (Å²) < 4.78 is 11.5. The molecule has 1 aromatic heterocycles. The number of benzene rings is 2. The SMILES string of the molecule is Cc1cccc(C2CC2)c1Oc1nnc(Cl)cc1OC(=O)c1cc(Cl)ccc1Cl. The predicted molar refractivity (Wildman–Crippen MR) is 112 cm³/mol. The van der Waals surface area contributed by atoms with Gasteiger partial charge in [-0.3, -0.25) is 0 Å². The first-order valence-corrected chi connectivity index (χ1v) is 10.0. The number of hydrogen-bond donors (Lipinski definition) is 0. The number of hydrogen-bond acceptors (Lipinski definition) is 5. The van der Waals surface area contributed by atoms with Gasteiger partial charge in [0, 0.05) is 11.1 Å². The van der Waals surface area contributed by atoms with Crippen molar-refractivity contribution in [1.82, 2.24) is 10.2 Å². The van der Waals surface area contributed by atoms with Gasteiger partial charge in [-0.05, 0) is 55.0 Å². The second-order valence-electron chi connectivity index (χ2n) is 6.72. The molecule has 0 aliphatic heterocycles. The average Bonchev–Trinajstić information content (AvgIpc) is 3.52. The lowest BCUT2D eigenvalue weighted by Crippen LogP contribution is -2.11. The van der Waals surface area contributed by atoms with E-state index in [0.717, 1.165) is 24.0 Å². The predicted octanol–water partition coefficient (Wildman–Crippen LogP) is 6.63. The van der Waals surface area contributed by atoms with Gasteiger partial charge in [-0.1, -0.05) is 53.0 Å². The largest absolute Gasteiger partial charge is 0.434 e. The molecule has 148 valence electrons. The summed E-state index contributed by atoms with van der Waals surface area (Å²) in [5, 5.41) is 8.43. The lowest BCUT2D eigenvalue weighted by Gasteiger charge is -2.15. The molecule has 0 unspecified atom stereocenters. The molecule has 5 nitrogen and oxygen atoms in total. The van der Waals surface area contributed by atoms with Crippen LogP contribution in [0.3, 0.4) is 0 Å². The number of halogens is 3. The van der Waals surface area contributed by atoms with Crippen LogP contribution in [0.1, 0.15) is 40.2 Å². The minimum absolute atomic E-state index is 0.0380. The Morgan fingerprint density at radius 2 is 1.86 bits per heavy atom. The van der Waals surface area contributed by atoms with Crippen molar-refractivity contribution in [1.29, 1.82) is 0 Å². The van der Waals surface area contributed by atoms with Crippen molar-refractivity contribution in [2.75, 3.05) is 0 Å². The molecule has 1 aliphatic carbocycles. The van der Waals surface area contributed by atoms with Gasteiger partial charge in [0.25, 0.3) is 5.88 Å². The summed E-state index contributed by atoms with van der Waals surface area (Å²) in [5.74, 6) is 0.512. The molecule has 0 atom stereocenters. The summed E-state index contributed by atoms with van der Waals surface area (Å²) in [7, 11) is 0. The van der Waals surface area contributed by atoms with Crippen LogP contribution in [-0.4, -0.2) is 16.2 Å². The monoisotopic (exact) mass is 448 g/mol. The van der Waals surface area contributed by atoms with Crippen LogP contribution in [-0.2, 0) is 0 Å². The van der Waals surface area contributed by atoms with Crippen LogP contribution < -0.4 is 9.47 Å². The molecule has 0 spiro atoms. The summed E-state index contributed by atoms with van der Waals surface area (Å²) in [6.07, 6.45) is 2.22. The molecule has 8 heteroatoms. The first-order chi connectivity index (χ1) is 13.9. The topological polar surface area (TPSA) is 61.3 Å². The lowest BCUT2D eigenvalue weighted by molar-refractivity contribution is 0.0729. The number of ether oxygens (including phenoxy) is 2. The van der Waals surface area contributed by atoms with Crippen LogP contribution in [0.2, 0.25) is 15.2 Å². The number of esters is 1. The third-order valence-electron chi connectivity index (χ3n) is 4.51. The number of para-hydroxylation sites is 1. The fourth-order valence-electron chi connectivity index (χ4n) is 2.92. The molecule has 1 fully saturated rings. The van der Waals surface area contributed by atoms with E-state index >= 15 is 0 Å². The molecule has 1 heterocycles. The van der Waals surface area contributed by atoms with E-state index in [1.165, 1.54) is 18.2 Å². The third kappa shape index (κ3) is 4.47. The fraction of sp³-hybridized carbons (Fsp3) is 0.190. The Hall–Kier alpha value is -2.34. The van der Waals surface area contributed by atoms with Gasteiger partial charge in [0.2, 0.25) is 0 Å². The molecule has 1 aliphatic rings. The van der Waals surface area contributed by atoms with Crippen LogP contribution in [0.15, 0.2) is 42.5 Å². The fourth-order valence-corrected chi connectivity index (χ4v) is 3.42. The summed E-state index contributed by atoms with van der Waals surface area (Å²) in [6.45, 7) is 1.95. The van der Waals surface area contributed by atoms with E-state index < -0.39 is 5.97 Å². The van der Waals surface area contributed by atoms with Crippen molar-refractivity contribution in [3.8, 4) is 17.4 Å². The summed E-state index contributed by atoms with van der Waals surface area (Å²) >= 11 is 18.0. The summed E-state index contributed by atoms with van der Waals surface area (Å²) in [5.41, 5.74) is 2.16. The molecule has 2 aromatic carbocycles. The Bertz CT molecular complexity index is 1100. The maximum atomic E-state index is 12.6. The molecule has 1 saturated carbocycles. The van der Waals surface area contributed by atoms with Crippen LogP contribution in [0, 0.1) is 6.92 Å². The first-order valence-electron chi connectivity index (χ1n) is 8.90. The molecular weight excluding hydrogens is 435 g/mol. The maximum Gasteiger partial charge on any atom is 0.345 e. The van der Waals surface area contributed by atoms with E-state index in [1.807, 2.05) is 25.1 Å². The zero-order valence-corrected chi connectivity index (χ0v) is 17.6.